The van der Waals surface area contributed by atoms with E-state index in [1.165, 1.54) is 28.8 Å². The minimum Gasteiger partial charge on any atom is -0.508 e. The van der Waals surface area contributed by atoms with E-state index in [9.17, 15) is 20.4 Å². The number of hydrogen-bond donors (Lipinski definition) is 2. The van der Waals surface area contributed by atoms with Crippen molar-refractivity contribution in [1.29, 1.82) is 10.5 Å². The van der Waals surface area contributed by atoms with Crippen molar-refractivity contribution in [3.63, 3.8) is 0 Å². The van der Waals surface area contributed by atoms with Crippen LogP contribution < -0.4 is 11.3 Å². The van der Waals surface area contributed by atoms with E-state index in [1.807, 2.05) is 42.5 Å². The molecule has 0 saturated carbocycles. The zero-order valence-corrected chi connectivity index (χ0v) is 15.1. The molecule has 0 amide bonds. The first-order chi connectivity index (χ1) is 14.1. The van der Waals surface area contributed by atoms with E-state index >= 15 is 0 Å². The maximum absolute atomic E-state index is 13.3. The number of nitriles is 2. The Morgan fingerprint density at radius 1 is 0.862 bits per heavy atom. The van der Waals surface area contributed by atoms with E-state index < -0.39 is 5.56 Å². The standard InChI is InChI=1S/C23H14N4O2/c24-12-18-21(15-8-10-16(28)11-9-15)19(13-25)23(29)27(22(18)26)20-7-3-5-14-4-1-2-6-17(14)20/h1-11,28H,26H2. The Balaban J connectivity index is 2.14. The molecular formula is C23H14N4O2. The Labute approximate surface area is 165 Å². The molecule has 0 fully saturated rings. The van der Waals surface area contributed by atoms with E-state index in [1.54, 1.807) is 12.1 Å². The van der Waals surface area contributed by atoms with Crippen molar-refractivity contribution in [3.8, 4) is 34.7 Å². The summed E-state index contributed by atoms with van der Waals surface area (Å²) in [6.45, 7) is 0. The van der Waals surface area contributed by atoms with Gasteiger partial charge in [-0.3, -0.25) is 9.36 Å². The Hall–Kier alpha value is -4.55. The van der Waals surface area contributed by atoms with Crippen LogP contribution in [0.5, 0.6) is 5.75 Å². The molecule has 0 radical (unpaired) electrons. The lowest BCUT2D eigenvalue weighted by molar-refractivity contribution is 0.475. The molecule has 0 spiro atoms. The number of nitrogens with zero attached hydrogens (tertiary/aromatic N) is 3. The predicted molar refractivity (Wildman–Crippen MR) is 110 cm³/mol. The SMILES string of the molecule is N#Cc1c(-c2ccc(O)cc2)c(C#N)c(=O)n(-c2cccc3ccccc23)c1N. The first-order valence-electron chi connectivity index (χ1n) is 8.73. The summed E-state index contributed by atoms with van der Waals surface area (Å²) in [7, 11) is 0. The Bertz CT molecular complexity index is 1400. The molecule has 0 aliphatic heterocycles. The molecule has 0 unspecified atom stereocenters. The second-order valence-corrected chi connectivity index (χ2v) is 6.42. The first kappa shape index (κ1) is 17.8. The number of phenolic OH excluding ortho intramolecular Hbond substituents is 1. The number of nitrogen functional groups attached to an aromatic ring is 1. The summed E-state index contributed by atoms with van der Waals surface area (Å²) in [5.41, 5.74) is 6.63. The number of benzene rings is 3. The number of nitrogens with two attached hydrogens (primary N) is 1. The summed E-state index contributed by atoms with van der Waals surface area (Å²) >= 11 is 0. The molecule has 29 heavy (non-hydrogen) atoms. The minimum absolute atomic E-state index is 0.0276. The average Bonchev–Trinajstić information content (AvgIpc) is 2.74. The molecule has 0 aliphatic rings. The Kier molecular flexibility index (Phi) is 4.23. The number of pyridine rings is 1. The molecule has 3 aromatic carbocycles. The van der Waals surface area contributed by atoms with Crippen LogP contribution in [-0.4, -0.2) is 9.67 Å². The molecule has 0 bridgehead atoms. The van der Waals surface area contributed by atoms with Gasteiger partial charge < -0.3 is 10.8 Å². The van der Waals surface area contributed by atoms with Crippen molar-refractivity contribution >= 4 is 16.6 Å². The molecule has 4 aromatic rings. The first-order valence-corrected chi connectivity index (χ1v) is 8.73. The van der Waals surface area contributed by atoms with Crippen LogP contribution in [0.4, 0.5) is 5.82 Å². The van der Waals surface area contributed by atoms with Gasteiger partial charge in [-0.2, -0.15) is 10.5 Å². The normalized spacial score (nSPS) is 10.4. The molecule has 1 aromatic heterocycles. The molecule has 1 heterocycles. The van der Waals surface area contributed by atoms with E-state index in [0.717, 1.165) is 10.8 Å². The van der Waals surface area contributed by atoms with Crippen LogP contribution in [0, 0.1) is 22.7 Å². The average molecular weight is 378 g/mol. The van der Waals surface area contributed by atoms with Crippen molar-refractivity contribution in [2.75, 3.05) is 5.73 Å². The lowest BCUT2D eigenvalue weighted by atomic mass is 9.96. The third-order valence-electron chi connectivity index (χ3n) is 4.80. The fraction of sp³-hybridized carbons (Fsp3) is 0. The van der Waals surface area contributed by atoms with Crippen LogP contribution in [-0.2, 0) is 0 Å². The van der Waals surface area contributed by atoms with Gasteiger partial charge in [0.1, 0.15) is 34.8 Å². The molecule has 3 N–H and O–H groups in total. The van der Waals surface area contributed by atoms with Gasteiger partial charge in [0.05, 0.1) is 5.69 Å². The lowest BCUT2D eigenvalue weighted by Crippen LogP contribution is -2.26. The largest absolute Gasteiger partial charge is 0.508 e. The van der Waals surface area contributed by atoms with Crippen molar-refractivity contribution < 1.29 is 5.11 Å². The van der Waals surface area contributed by atoms with Gasteiger partial charge in [0.15, 0.2) is 0 Å². The van der Waals surface area contributed by atoms with E-state index in [-0.39, 0.29) is 28.3 Å². The van der Waals surface area contributed by atoms with Crippen LogP contribution in [0.25, 0.3) is 27.6 Å². The topological polar surface area (TPSA) is 116 Å². The fourth-order valence-electron chi connectivity index (χ4n) is 3.47. The van der Waals surface area contributed by atoms with Gasteiger partial charge >= 0.3 is 0 Å². The van der Waals surface area contributed by atoms with Crippen LogP contribution in [0.1, 0.15) is 11.1 Å². The van der Waals surface area contributed by atoms with Gasteiger partial charge in [-0.05, 0) is 29.1 Å². The third kappa shape index (κ3) is 2.77. The second kappa shape index (κ2) is 6.88. The van der Waals surface area contributed by atoms with Crippen molar-refractivity contribution in [3.05, 3.63) is 88.2 Å². The van der Waals surface area contributed by atoms with E-state index in [0.29, 0.717) is 11.3 Å². The molecule has 6 nitrogen and oxygen atoms in total. The van der Waals surface area contributed by atoms with Gasteiger partial charge in [-0.25, -0.2) is 0 Å². The van der Waals surface area contributed by atoms with Crippen molar-refractivity contribution in [1.82, 2.24) is 4.57 Å². The maximum atomic E-state index is 13.3. The highest BCUT2D eigenvalue weighted by Crippen LogP contribution is 2.32. The maximum Gasteiger partial charge on any atom is 0.275 e. The fourth-order valence-corrected chi connectivity index (χ4v) is 3.47. The number of anilines is 1. The van der Waals surface area contributed by atoms with Gasteiger partial charge in [0, 0.05) is 10.9 Å². The Morgan fingerprint density at radius 3 is 2.21 bits per heavy atom. The van der Waals surface area contributed by atoms with Gasteiger partial charge in [-0.1, -0.05) is 48.5 Å². The summed E-state index contributed by atoms with van der Waals surface area (Å²) in [5.74, 6) is -0.0150. The van der Waals surface area contributed by atoms with Crippen LogP contribution in [0.2, 0.25) is 0 Å². The number of hydrogen-bond acceptors (Lipinski definition) is 5. The van der Waals surface area contributed by atoms with E-state index in [4.69, 9.17) is 5.73 Å². The lowest BCUT2D eigenvalue weighted by Gasteiger charge is -2.17. The number of fused-ring (bicyclic) bond motifs is 1. The number of aromatic hydroxyl groups is 1. The van der Waals surface area contributed by atoms with Crippen molar-refractivity contribution in [2.45, 2.75) is 0 Å². The summed E-state index contributed by atoms with van der Waals surface area (Å²) in [5, 5.41) is 30.8. The quantitative estimate of drug-likeness (QED) is 0.552. The molecule has 138 valence electrons. The second-order valence-electron chi connectivity index (χ2n) is 6.42. The molecule has 0 saturated heterocycles. The summed E-state index contributed by atoms with van der Waals surface area (Å²) in [6.07, 6.45) is 0. The molecule has 4 rings (SSSR count). The smallest absolute Gasteiger partial charge is 0.275 e. The van der Waals surface area contributed by atoms with Gasteiger partial charge in [-0.15, -0.1) is 0 Å². The molecule has 0 atom stereocenters. The van der Waals surface area contributed by atoms with Crippen molar-refractivity contribution in [2.24, 2.45) is 0 Å². The number of rotatable bonds is 2. The molecule has 0 aliphatic carbocycles. The Morgan fingerprint density at radius 2 is 1.52 bits per heavy atom. The highest BCUT2D eigenvalue weighted by molar-refractivity contribution is 5.91. The summed E-state index contributed by atoms with van der Waals surface area (Å²) in [6, 6.07) is 22.8. The zero-order valence-electron chi connectivity index (χ0n) is 15.1. The monoisotopic (exact) mass is 378 g/mol. The van der Waals surface area contributed by atoms with Crippen LogP contribution in [0.3, 0.4) is 0 Å². The van der Waals surface area contributed by atoms with Gasteiger partial charge in [0.2, 0.25) is 0 Å². The van der Waals surface area contributed by atoms with E-state index in [2.05, 4.69) is 0 Å². The number of phenols is 1. The number of aromatic nitrogens is 1. The summed E-state index contributed by atoms with van der Waals surface area (Å²) in [4.78, 5) is 13.3. The summed E-state index contributed by atoms with van der Waals surface area (Å²) < 4.78 is 1.21. The molecule has 6 heteroatoms. The highest BCUT2D eigenvalue weighted by Gasteiger charge is 2.23. The highest BCUT2D eigenvalue weighted by atomic mass is 16.3. The molecular weight excluding hydrogens is 364 g/mol. The third-order valence-corrected chi connectivity index (χ3v) is 4.80. The predicted octanol–water partition coefficient (Wildman–Crippen LogP) is 3.69. The zero-order chi connectivity index (χ0) is 20.5. The van der Waals surface area contributed by atoms with Gasteiger partial charge in [0.25, 0.3) is 5.56 Å². The van der Waals surface area contributed by atoms with Crippen LogP contribution in [0.15, 0.2) is 71.5 Å². The minimum atomic E-state index is -0.608. The van der Waals surface area contributed by atoms with Crippen LogP contribution >= 0.6 is 0 Å².